The van der Waals surface area contributed by atoms with Crippen molar-refractivity contribution in [1.29, 1.82) is 0 Å². The zero-order chi connectivity index (χ0) is 18.4. The second-order valence-electron chi connectivity index (χ2n) is 5.94. The number of anilines is 1. The molecule has 1 N–H and O–H groups in total. The van der Waals surface area contributed by atoms with Gasteiger partial charge in [-0.2, -0.15) is 0 Å². The van der Waals surface area contributed by atoms with Crippen LogP contribution in [0.5, 0.6) is 0 Å². The molecule has 0 fully saturated rings. The zero-order valence-corrected chi connectivity index (χ0v) is 16.2. The van der Waals surface area contributed by atoms with E-state index in [1.807, 2.05) is 13.8 Å². The summed E-state index contributed by atoms with van der Waals surface area (Å²) in [4.78, 5) is 26.3. The first-order valence-corrected chi connectivity index (χ1v) is 11.1. The Balaban J connectivity index is 2.06. The van der Waals surface area contributed by atoms with Crippen molar-refractivity contribution >= 4 is 39.1 Å². The summed E-state index contributed by atoms with van der Waals surface area (Å²) in [5, 5.41) is 2.72. The van der Waals surface area contributed by atoms with E-state index in [1.165, 1.54) is 17.8 Å². The van der Waals surface area contributed by atoms with Crippen molar-refractivity contribution in [3.8, 4) is 0 Å². The zero-order valence-electron chi connectivity index (χ0n) is 14.6. The van der Waals surface area contributed by atoms with Crippen LogP contribution in [0.3, 0.4) is 0 Å². The molecular formula is C17H24N2O4S2. The molecule has 138 valence electrons. The van der Waals surface area contributed by atoms with Crippen molar-refractivity contribution in [2.45, 2.75) is 42.9 Å². The summed E-state index contributed by atoms with van der Waals surface area (Å²) in [5.41, 5.74) is 0.633. The summed E-state index contributed by atoms with van der Waals surface area (Å²) < 4.78 is 25.1. The number of carbonyl (C=O) groups is 2. The van der Waals surface area contributed by atoms with Crippen LogP contribution in [-0.2, 0) is 19.4 Å². The normalized spacial score (nSPS) is 13.9. The fourth-order valence-corrected chi connectivity index (χ4v) is 4.82. The van der Waals surface area contributed by atoms with Crippen molar-refractivity contribution in [3.63, 3.8) is 0 Å². The Hall–Kier alpha value is -1.54. The van der Waals surface area contributed by atoms with E-state index in [0.29, 0.717) is 18.8 Å². The molecule has 8 heteroatoms. The SMILES string of the molecule is CCCN(CCC)C(=O)CCS(=O)(=O)c1ccc2c(c1)SCC(=O)N2. The number of benzene rings is 1. The molecule has 25 heavy (non-hydrogen) atoms. The second-order valence-corrected chi connectivity index (χ2v) is 9.07. The quantitative estimate of drug-likeness (QED) is 0.745. The topological polar surface area (TPSA) is 83.6 Å². The van der Waals surface area contributed by atoms with Gasteiger partial charge in [0.2, 0.25) is 11.8 Å². The molecule has 2 rings (SSSR count). The van der Waals surface area contributed by atoms with Crippen molar-refractivity contribution < 1.29 is 18.0 Å². The minimum absolute atomic E-state index is 0.0106. The lowest BCUT2D eigenvalue weighted by molar-refractivity contribution is -0.130. The fraction of sp³-hybridized carbons (Fsp3) is 0.529. The number of fused-ring (bicyclic) bond motifs is 1. The van der Waals surface area contributed by atoms with Crippen molar-refractivity contribution in [1.82, 2.24) is 4.90 Å². The van der Waals surface area contributed by atoms with Gasteiger partial charge in [0.1, 0.15) is 0 Å². The molecule has 1 aliphatic heterocycles. The second kappa shape index (κ2) is 8.71. The van der Waals surface area contributed by atoms with E-state index in [9.17, 15) is 18.0 Å². The molecule has 1 aliphatic rings. The van der Waals surface area contributed by atoms with E-state index >= 15 is 0 Å². The number of amides is 2. The van der Waals surface area contributed by atoms with Gasteiger partial charge in [-0.3, -0.25) is 9.59 Å². The minimum atomic E-state index is -3.54. The first kappa shape index (κ1) is 19.8. The van der Waals surface area contributed by atoms with E-state index < -0.39 is 9.84 Å². The molecule has 0 spiro atoms. The predicted octanol–water partition coefficient (Wildman–Crippen LogP) is 2.54. The third-order valence-electron chi connectivity index (χ3n) is 3.87. The summed E-state index contributed by atoms with van der Waals surface area (Å²) in [6.45, 7) is 5.30. The summed E-state index contributed by atoms with van der Waals surface area (Å²) in [6, 6.07) is 4.67. The Labute approximate surface area is 153 Å². The number of hydrogen-bond donors (Lipinski definition) is 1. The highest BCUT2D eigenvalue weighted by atomic mass is 32.2. The highest BCUT2D eigenvalue weighted by Gasteiger charge is 2.22. The third kappa shape index (κ3) is 5.22. The average molecular weight is 385 g/mol. The smallest absolute Gasteiger partial charge is 0.234 e. The van der Waals surface area contributed by atoms with Gasteiger partial charge in [-0.1, -0.05) is 13.8 Å². The maximum atomic E-state index is 12.6. The maximum Gasteiger partial charge on any atom is 0.234 e. The first-order chi connectivity index (χ1) is 11.9. The van der Waals surface area contributed by atoms with Gasteiger partial charge in [-0.05, 0) is 31.0 Å². The van der Waals surface area contributed by atoms with Gasteiger partial charge < -0.3 is 10.2 Å². The van der Waals surface area contributed by atoms with Crippen LogP contribution in [0.1, 0.15) is 33.1 Å². The summed E-state index contributed by atoms with van der Waals surface area (Å²) in [7, 11) is -3.54. The van der Waals surface area contributed by atoms with Crippen LogP contribution in [-0.4, -0.2) is 49.7 Å². The van der Waals surface area contributed by atoms with Crippen molar-refractivity contribution in [2.75, 3.05) is 29.9 Å². The highest BCUT2D eigenvalue weighted by Crippen LogP contribution is 2.33. The van der Waals surface area contributed by atoms with E-state index in [4.69, 9.17) is 0 Å². The lowest BCUT2D eigenvalue weighted by Gasteiger charge is -2.21. The van der Waals surface area contributed by atoms with E-state index in [-0.39, 0.29) is 34.6 Å². The van der Waals surface area contributed by atoms with E-state index in [2.05, 4.69) is 5.32 Å². The largest absolute Gasteiger partial charge is 0.343 e. The molecule has 6 nitrogen and oxygen atoms in total. The minimum Gasteiger partial charge on any atom is -0.343 e. The van der Waals surface area contributed by atoms with Crippen LogP contribution in [0.4, 0.5) is 5.69 Å². The summed E-state index contributed by atoms with van der Waals surface area (Å²) in [5.74, 6) is -0.138. The molecule has 1 heterocycles. The average Bonchev–Trinajstić information content (AvgIpc) is 2.59. The van der Waals surface area contributed by atoms with Gasteiger partial charge in [0.15, 0.2) is 9.84 Å². The third-order valence-corrected chi connectivity index (χ3v) is 6.64. The molecule has 0 aromatic heterocycles. The molecule has 0 saturated carbocycles. The van der Waals surface area contributed by atoms with Crippen LogP contribution in [0.2, 0.25) is 0 Å². The maximum absolute atomic E-state index is 12.6. The molecule has 1 aromatic rings. The Morgan fingerprint density at radius 3 is 2.56 bits per heavy atom. The molecule has 0 aliphatic carbocycles. The van der Waals surface area contributed by atoms with Crippen LogP contribution in [0.25, 0.3) is 0 Å². The van der Waals surface area contributed by atoms with Gasteiger partial charge >= 0.3 is 0 Å². The Kier molecular flexibility index (Phi) is 6.89. The summed E-state index contributed by atoms with van der Waals surface area (Å²) >= 11 is 1.32. The van der Waals surface area contributed by atoms with Crippen molar-refractivity contribution in [3.05, 3.63) is 18.2 Å². The Morgan fingerprint density at radius 1 is 1.24 bits per heavy atom. The lowest BCUT2D eigenvalue weighted by atomic mass is 10.3. The van der Waals surface area contributed by atoms with Gasteiger partial charge in [-0.15, -0.1) is 11.8 Å². The molecule has 0 bridgehead atoms. The number of nitrogens with zero attached hydrogens (tertiary/aromatic N) is 1. The van der Waals surface area contributed by atoms with Crippen LogP contribution in [0.15, 0.2) is 28.0 Å². The van der Waals surface area contributed by atoms with Gasteiger partial charge in [0.25, 0.3) is 0 Å². The lowest BCUT2D eigenvalue weighted by Crippen LogP contribution is -2.33. The standard InChI is InChI=1S/C17H24N2O4S2/c1-3-8-19(9-4-2)17(21)7-10-25(22,23)13-5-6-14-15(11-13)24-12-16(20)18-14/h5-6,11H,3-4,7-10,12H2,1-2H3,(H,18,20). The summed E-state index contributed by atoms with van der Waals surface area (Å²) in [6.07, 6.45) is 1.70. The number of rotatable bonds is 8. The molecular weight excluding hydrogens is 360 g/mol. The number of sulfone groups is 1. The number of carbonyl (C=O) groups excluding carboxylic acids is 2. The number of nitrogens with one attached hydrogen (secondary N) is 1. The van der Waals surface area contributed by atoms with Crippen LogP contribution in [0, 0.1) is 0 Å². The monoisotopic (exact) mass is 384 g/mol. The molecule has 0 saturated heterocycles. The first-order valence-electron chi connectivity index (χ1n) is 8.44. The number of thioether (sulfide) groups is 1. The van der Waals surface area contributed by atoms with E-state index in [1.54, 1.807) is 17.0 Å². The molecule has 2 amide bonds. The van der Waals surface area contributed by atoms with Gasteiger partial charge in [-0.25, -0.2) is 8.42 Å². The van der Waals surface area contributed by atoms with Crippen molar-refractivity contribution in [2.24, 2.45) is 0 Å². The fourth-order valence-electron chi connectivity index (χ4n) is 2.65. The highest BCUT2D eigenvalue weighted by molar-refractivity contribution is 8.00. The van der Waals surface area contributed by atoms with Crippen LogP contribution < -0.4 is 5.32 Å². The molecule has 0 radical (unpaired) electrons. The number of hydrogen-bond acceptors (Lipinski definition) is 5. The molecule has 0 unspecified atom stereocenters. The molecule has 0 atom stereocenters. The molecule has 1 aromatic carbocycles. The van der Waals surface area contributed by atoms with Crippen LogP contribution >= 0.6 is 11.8 Å². The van der Waals surface area contributed by atoms with E-state index in [0.717, 1.165) is 17.7 Å². The van der Waals surface area contributed by atoms with Gasteiger partial charge in [0.05, 0.1) is 22.1 Å². The van der Waals surface area contributed by atoms with Gasteiger partial charge in [0, 0.05) is 24.4 Å². The Bertz CT molecular complexity index is 741. The predicted molar refractivity (Wildman–Crippen MR) is 99.6 cm³/mol. The Morgan fingerprint density at radius 2 is 1.92 bits per heavy atom.